The van der Waals surface area contributed by atoms with E-state index < -0.39 is 0 Å². The van der Waals surface area contributed by atoms with Crippen LogP contribution in [0.1, 0.15) is 29.6 Å². The zero-order chi connectivity index (χ0) is 14.2. The van der Waals surface area contributed by atoms with Crippen LogP contribution < -0.4 is 0 Å². The average Bonchev–Trinajstić information content (AvgIpc) is 3.25. The van der Waals surface area contributed by atoms with Crippen LogP contribution in [0.5, 0.6) is 0 Å². The third kappa shape index (κ3) is 2.21. The standard InChI is InChI=1S/C17H15N3S/c21-17-19-18-16(20(17)13-9-5-2-6-10-13)15-11-14(15)12-7-3-1-4-8-12/h1-10,14-15H,11H2,(H,19,21)/t14-,15-/m0/s1. The Bertz CT molecular complexity index is 805. The molecule has 1 aliphatic rings. The normalized spacial score (nSPS) is 20.4. The Morgan fingerprint density at radius 3 is 2.33 bits per heavy atom. The minimum atomic E-state index is 0.445. The lowest BCUT2D eigenvalue weighted by Crippen LogP contribution is -2.00. The molecule has 0 bridgehead atoms. The first-order chi connectivity index (χ1) is 10.3. The molecule has 1 fully saturated rings. The largest absolute Gasteiger partial charge is 0.272 e. The number of nitrogens with zero attached hydrogens (tertiary/aromatic N) is 2. The molecule has 0 unspecified atom stereocenters. The molecule has 104 valence electrons. The highest BCUT2D eigenvalue weighted by atomic mass is 32.1. The highest BCUT2D eigenvalue weighted by Gasteiger charge is 2.43. The summed E-state index contributed by atoms with van der Waals surface area (Å²) in [6.45, 7) is 0. The minimum absolute atomic E-state index is 0.445. The van der Waals surface area contributed by atoms with Crippen LogP contribution >= 0.6 is 12.2 Å². The van der Waals surface area contributed by atoms with Crippen molar-refractivity contribution in [2.45, 2.75) is 18.3 Å². The molecule has 0 saturated heterocycles. The number of nitrogens with one attached hydrogen (secondary N) is 1. The van der Waals surface area contributed by atoms with Crippen molar-refractivity contribution >= 4 is 12.2 Å². The zero-order valence-electron chi connectivity index (χ0n) is 11.4. The number of benzene rings is 2. The average molecular weight is 293 g/mol. The Balaban J connectivity index is 1.71. The van der Waals surface area contributed by atoms with Crippen molar-refractivity contribution in [1.82, 2.24) is 14.8 Å². The van der Waals surface area contributed by atoms with Gasteiger partial charge in [0, 0.05) is 11.6 Å². The fourth-order valence-electron chi connectivity index (χ4n) is 2.93. The lowest BCUT2D eigenvalue weighted by molar-refractivity contribution is 0.846. The summed E-state index contributed by atoms with van der Waals surface area (Å²) in [7, 11) is 0. The summed E-state index contributed by atoms with van der Waals surface area (Å²) in [5.41, 5.74) is 2.46. The van der Waals surface area contributed by atoms with E-state index in [-0.39, 0.29) is 0 Å². The summed E-state index contributed by atoms with van der Waals surface area (Å²) in [5, 5.41) is 7.42. The van der Waals surface area contributed by atoms with Crippen LogP contribution in [-0.2, 0) is 0 Å². The molecule has 1 aromatic heterocycles. The number of aromatic nitrogens is 3. The Morgan fingerprint density at radius 2 is 1.62 bits per heavy atom. The molecule has 3 aromatic rings. The lowest BCUT2D eigenvalue weighted by Gasteiger charge is -2.06. The van der Waals surface area contributed by atoms with Crippen molar-refractivity contribution in [2.75, 3.05) is 0 Å². The van der Waals surface area contributed by atoms with Crippen LogP contribution in [0, 0.1) is 4.77 Å². The molecular formula is C17H15N3S. The molecule has 3 nitrogen and oxygen atoms in total. The van der Waals surface area contributed by atoms with Crippen LogP contribution in [0.2, 0.25) is 0 Å². The van der Waals surface area contributed by atoms with Gasteiger partial charge in [-0.25, -0.2) is 0 Å². The van der Waals surface area contributed by atoms with Crippen molar-refractivity contribution in [2.24, 2.45) is 0 Å². The summed E-state index contributed by atoms with van der Waals surface area (Å²) in [6.07, 6.45) is 1.14. The zero-order valence-corrected chi connectivity index (χ0v) is 12.3. The Morgan fingerprint density at radius 1 is 0.952 bits per heavy atom. The first kappa shape index (κ1) is 12.5. The summed E-state index contributed by atoms with van der Waals surface area (Å²) < 4.78 is 2.72. The van der Waals surface area contributed by atoms with Gasteiger partial charge in [-0.1, -0.05) is 48.5 Å². The Kier molecular flexibility index (Phi) is 2.97. The quantitative estimate of drug-likeness (QED) is 0.734. The second-order valence-electron chi connectivity index (χ2n) is 5.42. The van der Waals surface area contributed by atoms with Gasteiger partial charge < -0.3 is 0 Å². The van der Waals surface area contributed by atoms with E-state index in [1.165, 1.54) is 5.56 Å². The molecule has 0 aliphatic heterocycles. The van der Waals surface area contributed by atoms with E-state index in [0.29, 0.717) is 16.6 Å². The van der Waals surface area contributed by atoms with Crippen molar-refractivity contribution < 1.29 is 0 Å². The van der Waals surface area contributed by atoms with Gasteiger partial charge in [0.1, 0.15) is 5.82 Å². The fraction of sp³-hybridized carbons (Fsp3) is 0.176. The van der Waals surface area contributed by atoms with Crippen LogP contribution in [0.25, 0.3) is 5.69 Å². The summed E-state index contributed by atoms with van der Waals surface area (Å²) in [5.74, 6) is 2.04. The maximum absolute atomic E-state index is 5.40. The second kappa shape index (κ2) is 4.97. The van der Waals surface area contributed by atoms with Crippen LogP contribution in [0.15, 0.2) is 60.7 Å². The first-order valence-electron chi connectivity index (χ1n) is 7.12. The maximum Gasteiger partial charge on any atom is 0.199 e. The molecular weight excluding hydrogens is 278 g/mol. The Labute approximate surface area is 128 Å². The second-order valence-corrected chi connectivity index (χ2v) is 5.80. The van der Waals surface area contributed by atoms with E-state index >= 15 is 0 Å². The van der Waals surface area contributed by atoms with E-state index in [1.807, 2.05) is 18.2 Å². The lowest BCUT2D eigenvalue weighted by atomic mass is 10.1. The first-order valence-corrected chi connectivity index (χ1v) is 7.53. The minimum Gasteiger partial charge on any atom is -0.272 e. The molecule has 0 radical (unpaired) electrons. The highest BCUT2D eigenvalue weighted by molar-refractivity contribution is 7.71. The van der Waals surface area contributed by atoms with Crippen molar-refractivity contribution in [3.63, 3.8) is 0 Å². The van der Waals surface area contributed by atoms with Crippen molar-refractivity contribution in [3.05, 3.63) is 76.8 Å². The number of hydrogen-bond donors (Lipinski definition) is 1. The Hall–Kier alpha value is -2.20. The number of para-hydroxylation sites is 1. The van der Waals surface area contributed by atoms with Gasteiger partial charge in [0.25, 0.3) is 0 Å². The molecule has 1 saturated carbocycles. The highest BCUT2D eigenvalue weighted by Crippen LogP contribution is 2.54. The molecule has 4 heteroatoms. The van der Waals surface area contributed by atoms with E-state index in [0.717, 1.165) is 17.9 Å². The van der Waals surface area contributed by atoms with Gasteiger partial charge in [-0.05, 0) is 42.3 Å². The maximum atomic E-state index is 5.40. The smallest absolute Gasteiger partial charge is 0.199 e. The molecule has 1 heterocycles. The molecule has 2 atom stereocenters. The predicted octanol–water partition coefficient (Wildman–Crippen LogP) is 4.20. The van der Waals surface area contributed by atoms with Gasteiger partial charge in [-0.3, -0.25) is 9.67 Å². The molecule has 4 rings (SSSR count). The topological polar surface area (TPSA) is 33.6 Å². The van der Waals surface area contributed by atoms with E-state index in [2.05, 4.69) is 57.2 Å². The van der Waals surface area contributed by atoms with Crippen molar-refractivity contribution in [1.29, 1.82) is 0 Å². The SMILES string of the molecule is S=c1[nH]nc([C@H]2C[C@H]2c2ccccc2)n1-c1ccccc1. The predicted molar refractivity (Wildman–Crippen MR) is 85.3 cm³/mol. The number of rotatable bonds is 3. The van der Waals surface area contributed by atoms with E-state index in [4.69, 9.17) is 12.2 Å². The fourth-order valence-corrected chi connectivity index (χ4v) is 3.18. The summed E-state index contributed by atoms with van der Waals surface area (Å²) >= 11 is 5.40. The van der Waals surface area contributed by atoms with E-state index in [1.54, 1.807) is 0 Å². The van der Waals surface area contributed by atoms with Gasteiger partial charge in [0.05, 0.1) is 0 Å². The molecule has 1 aliphatic carbocycles. The van der Waals surface area contributed by atoms with Gasteiger partial charge in [0.2, 0.25) is 0 Å². The molecule has 21 heavy (non-hydrogen) atoms. The summed E-state index contributed by atoms with van der Waals surface area (Å²) in [4.78, 5) is 0. The van der Waals surface area contributed by atoms with Gasteiger partial charge in [-0.2, -0.15) is 5.10 Å². The molecule has 0 amide bonds. The third-order valence-electron chi connectivity index (χ3n) is 4.06. The monoisotopic (exact) mass is 293 g/mol. The summed E-state index contributed by atoms with van der Waals surface area (Å²) in [6, 6.07) is 20.8. The third-order valence-corrected chi connectivity index (χ3v) is 4.34. The van der Waals surface area contributed by atoms with E-state index in [9.17, 15) is 0 Å². The molecule has 0 spiro atoms. The van der Waals surface area contributed by atoms with Gasteiger partial charge in [-0.15, -0.1) is 0 Å². The number of H-pyrrole nitrogens is 1. The van der Waals surface area contributed by atoms with Crippen LogP contribution in [-0.4, -0.2) is 14.8 Å². The number of aromatic amines is 1. The van der Waals surface area contributed by atoms with Gasteiger partial charge in [0.15, 0.2) is 4.77 Å². The molecule has 2 aromatic carbocycles. The molecule has 1 N–H and O–H groups in total. The van der Waals surface area contributed by atoms with Crippen LogP contribution in [0.4, 0.5) is 0 Å². The van der Waals surface area contributed by atoms with Gasteiger partial charge >= 0.3 is 0 Å². The van der Waals surface area contributed by atoms with Crippen molar-refractivity contribution in [3.8, 4) is 5.69 Å². The van der Waals surface area contributed by atoms with Crippen LogP contribution in [0.3, 0.4) is 0 Å². The number of hydrogen-bond acceptors (Lipinski definition) is 2.